The molecule has 0 heterocycles. The van der Waals surface area contributed by atoms with Crippen molar-refractivity contribution in [1.82, 2.24) is 0 Å². The molecule has 0 aliphatic heterocycles. The fourth-order valence-corrected chi connectivity index (χ4v) is 0.498. The zero-order valence-electron chi connectivity index (χ0n) is 3.81. The first-order valence-electron chi connectivity index (χ1n) is 2.02. The molecule has 0 radical (unpaired) electrons. The topological polar surface area (TPSA) is 17.1 Å². The molecule has 0 amide bonds. The minimum absolute atomic E-state index is 0.551. The molecule has 0 aliphatic rings. The summed E-state index contributed by atoms with van der Waals surface area (Å²) in [6.07, 6.45) is 3.68. The van der Waals surface area contributed by atoms with Crippen molar-refractivity contribution in [2.24, 2.45) is 0 Å². The average Bonchev–Trinajstić information content (AvgIpc) is 1.61. The van der Waals surface area contributed by atoms with Crippen molar-refractivity contribution in [2.45, 2.75) is 19.7 Å². The van der Waals surface area contributed by atoms with Gasteiger partial charge in [0.1, 0.15) is 0 Å². The van der Waals surface area contributed by atoms with Crippen LogP contribution in [0.25, 0.3) is 0 Å². The van der Waals surface area contributed by atoms with Crippen LogP contribution in [0.5, 0.6) is 0 Å². The van der Waals surface area contributed by atoms with Gasteiger partial charge in [-0.05, 0) is 0 Å². The Morgan fingerprint density at radius 3 is 2.67 bits per heavy atom. The third kappa shape index (κ3) is 4.08. The van der Waals surface area contributed by atoms with Gasteiger partial charge < -0.3 is 0 Å². The van der Waals surface area contributed by atoms with Crippen molar-refractivity contribution in [1.29, 1.82) is 0 Å². The first kappa shape index (κ1) is 6.08. The van der Waals surface area contributed by atoms with Crippen LogP contribution in [0.15, 0.2) is 0 Å². The molecule has 0 aliphatic carbocycles. The fourth-order valence-electron chi connectivity index (χ4n) is 0.166. The van der Waals surface area contributed by atoms with E-state index in [9.17, 15) is 4.21 Å². The molecule has 0 fully saturated rings. The van der Waals surface area contributed by atoms with E-state index in [1.165, 1.54) is 0 Å². The summed E-state index contributed by atoms with van der Waals surface area (Å²) < 4.78 is 9.55. The van der Waals surface area contributed by atoms with Gasteiger partial charge in [0.05, 0.1) is 0 Å². The molecule has 0 bridgehead atoms. The van der Waals surface area contributed by atoms with Crippen molar-refractivity contribution < 1.29 is 4.21 Å². The molecule has 6 heavy (non-hydrogen) atoms. The van der Waals surface area contributed by atoms with Gasteiger partial charge in [0.25, 0.3) is 0 Å². The molecule has 0 spiro atoms. The maximum atomic E-state index is 9.55. The van der Waals surface area contributed by atoms with Gasteiger partial charge in [0, 0.05) is 0 Å². The number of hydrogen-bond acceptors (Lipinski definition) is 1. The zero-order valence-corrected chi connectivity index (χ0v) is 4.62. The van der Waals surface area contributed by atoms with E-state index in [-0.39, 0.29) is 0 Å². The van der Waals surface area contributed by atoms with E-state index in [1.807, 2.05) is 6.92 Å². The monoisotopic (exact) mass is 102 g/mol. The van der Waals surface area contributed by atoms with Crippen LogP contribution in [-0.4, -0.2) is 10.4 Å². The zero-order chi connectivity index (χ0) is 4.83. The second kappa shape index (κ2) is 5.08. The Hall–Kier alpha value is 0.0849. The average molecular weight is 102 g/mol. The van der Waals surface area contributed by atoms with Crippen molar-refractivity contribution in [2.75, 3.05) is 0 Å². The van der Waals surface area contributed by atoms with Gasteiger partial charge in [-0.25, -0.2) is 0 Å². The number of hydrogen-bond donors (Lipinski definition) is 0. The van der Waals surface area contributed by atoms with Gasteiger partial charge in [-0.15, -0.1) is 0 Å². The standard InChI is InChI=1S/C3H7BOS/c1-2-3-4-6-5/h2-3H2,1H3. The van der Waals surface area contributed by atoms with E-state index < -0.39 is 0 Å². The molecule has 0 aromatic rings. The molecule has 0 saturated carbocycles. The summed E-state index contributed by atoms with van der Waals surface area (Å²) in [6, 6.07) is 0. The Labute approximate surface area is 41.9 Å². The van der Waals surface area contributed by atoms with Gasteiger partial charge in [-0.1, -0.05) is 0 Å². The van der Waals surface area contributed by atoms with Crippen molar-refractivity contribution in [3.8, 4) is 0 Å². The molecule has 0 aromatic heterocycles. The van der Waals surface area contributed by atoms with E-state index in [0.717, 1.165) is 12.7 Å². The van der Waals surface area contributed by atoms with E-state index in [2.05, 4.69) is 0 Å². The van der Waals surface area contributed by atoms with Gasteiger partial charge in [-0.3, -0.25) is 0 Å². The van der Waals surface area contributed by atoms with Crippen molar-refractivity contribution >= 4 is 17.2 Å². The molecule has 34 valence electrons. The van der Waals surface area contributed by atoms with Crippen molar-refractivity contribution in [3.63, 3.8) is 0 Å². The predicted octanol–water partition coefficient (Wildman–Crippen LogP) is 0.647. The quantitative estimate of drug-likeness (QED) is 0.467. The minimum atomic E-state index is 0.551. The molecule has 0 N–H and O–H groups in total. The number of rotatable bonds is 2. The molecule has 0 atom stereocenters. The summed E-state index contributed by atoms with van der Waals surface area (Å²) in [7, 11) is 0. The second-order valence-electron chi connectivity index (χ2n) is 1.05. The summed E-state index contributed by atoms with van der Waals surface area (Å²) in [6.45, 7) is 2.05. The molecular formula is C3H7BOS. The molecular weight excluding hydrogens is 94.9 g/mol. The molecule has 3 heteroatoms. The van der Waals surface area contributed by atoms with Crippen molar-refractivity contribution in [3.05, 3.63) is 0 Å². The van der Waals surface area contributed by atoms with Crippen LogP contribution in [-0.2, 0) is 11.1 Å². The first-order valence-corrected chi connectivity index (χ1v) is 2.82. The summed E-state index contributed by atoms with van der Waals surface area (Å²) in [5.41, 5.74) is 0. The second-order valence-corrected chi connectivity index (χ2v) is 1.58. The molecule has 0 unspecified atom stereocenters. The SMILES string of the molecule is CCCB=S=O. The van der Waals surface area contributed by atoms with Crippen LogP contribution in [0.2, 0.25) is 6.32 Å². The Balaban J connectivity index is 2.86. The molecule has 0 saturated heterocycles. The maximum absolute atomic E-state index is 9.55. The third-order valence-corrected chi connectivity index (χ3v) is 0.846. The Morgan fingerprint density at radius 2 is 2.50 bits per heavy atom. The summed E-state index contributed by atoms with van der Waals surface area (Å²) in [4.78, 5) is 0. The molecule has 0 aromatic carbocycles. The fraction of sp³-hybridized carbons (Fsp3) is 1.00. The van der Waals surface area contributed by atoms with Gasteiger partial charge in [0.15, 0.2) is 0 Å². The Bertz CT molecular complexity index is 67.2. The van der Waals surface area contributed by atoms with E-state index in [1.54, 1.807) is 6.15 Å². The van der Waals surface area contributed by atoms with E-state index in [0.29, 0.717) is 11.1 Å². The van der Waals surface area contributed by atoms with Crippen LogP contribution in [0, 0.1) is 0 Å². The van der Waals surface area contributed by atoms with E-state index >= 15 is 0 Å². The summed E-state index contributed by atoms with van der Waals surface area (Å²) in [5.74, 6) is 0. The molecule has 0 rings (SSSR count). The van der Waals surface area contributed by atoms with E-state index in [4.69, 9.17) is 0 Å². The van der Waals surface area contributed by atoms with Gasteiger partial charge in [-0.2, -0.15) is 0 Å². The van der Waals surface area contributed by atoms with Crippen LogP contribution >= 0.6 is 0 Å². The normalized spacial score (nSPS) is 6.83. The van der Waals surface area contributed by atoms with Crippen LogP contribution < -0.4 is 0 Å². The summed E-state index contributed by atoms with van der Waals surface area (Å²) >= 11 is 0.551. The summed E-state index contributed by atoms with van der Waals surface area (Å²) in [5, 5.41) is 0. The van der Waals surface area contributed by atoms with Crippen LogP contribution in [0.3, 0.4) is 0 Å². The first-order chi connectivity index (χ1) is 2.91. The van der Waals surface area contributed by atoms with Gasteiger partial charge >= 0.3 is 41.1 Å². The predicted molar refractivity (Wildman–Crippen MR) is 29.0 cm³/mol. The van der Waals surface area contributed by atoms with Crippen LogP contribution in [0.1, 0.15) is 13.3 Å². The Morgan fingerprint density at radius 1 is 1.83 bits per heavy atom. The molecule has 1 nitrogen and oxygen atoms in total. The van der Waals surface area contributed by atoms with Gasteiger partial charge in [0.2, 0.25) is 0 Å². The van der Waals surface area contributed by atoms with Crippen LogP contribution in [0.4, 0.5) is 0 Å². The Kier molecular flexibility index (Phi) is 5.16. The third-order valence-electron chi connectivity index (χ3n) is 0.475.